The zero-order valence-corrected chi connectivity index (χ0v) is 33.7. The molecule has 0 bridgehead atoms. The van der Waals surface area contributed by atoms with Crippen LogP contribution in [0.25, 0.3) is 0 Å². The van der Waals surface area contributed by atoms with E-state index >= 15 is 0 Å². The highest BCUT2D eigenvalue weighted by Gasteiger charge is 2.26. The second kappa shape index (κ2) is 33.2. The highest BCUT2D eigenvalue weighted by molar-refractivity contribution is 5.92. The van der Waals surface area contributed by atoms with Crippen LogP contribution in [0.5, 0.6) is 0 Å². The van der Waals surface area contributed by atoms with Gasteiger partial charge in [-0.25, -0.2) is 0 Å². The van der Waals surface area contributed by atoms with Crippen LogP contribution in [0.3, 0.4) is 0 Å². The van der Waals surface area contributed by atoms with Crippen molar-refractivity contribution >= 4 is 29.5 Å². The summed E-state index contributed by atoms with van der Waals surface area (Å²) in [6.45, 7) is 12.0. The van der Waals surface area contributed by atoms with Gasteiger partial charge in [0.05, 0.1) is 0 Å². The smallest absolute Gasteiger partial charge is 0.243 e. The molecule has 0 radical (unpaired) electrons. The first-order valence-corrected chi connectivity index (χ1v) is 20.8. The van der Waals surface area contributed by atoms with Crippen molar-refractivity contribution < 1.29 is 24.0 Å². The van der Waals surface area contributed by atoms with E-state index in [0.717, 1.165) is 51.4 Å². The van der Waals surface area contributed by atoms with Gasteiger partial charge in [-0.2, -0.15) is 0 Å². The Morgan fingerprint density at radius 1 is 0.431 bits per heavy atom. The van der Waals surface area contributed by atoms with Crippen LogP contribution in [0, 0.1) is 11.8 Å². The van der Waals surface area contributed by atoms with E-state index in [2.05, 4.69) is 61.2 Å². The lowest BCUT2D eigenvalue weighted by molar-refractivity contribution is -0.132. The van der Waals surface area contributed by atoms with Gasteiger partial charge < -0.3 is 26.6 Å². The van der Waals surface area contributed by atoms with E-state index in [4.69, 9.17) is 0 Å². The molecule has 0 saturated heterocycles. The van der Waals surface area contributed by atoms with E-state index < -0.39 is 12.1 Å². The highest BCUT2D eigenvalue weighted by atomic mass is 16.2. The Labute approximate surface area is 312 Å². The molecule has 0 spiro atoms. The summed E-state index contributed by atoms with van der Waals surface area (Å²) < 4.78 is 0. The molecule has 5 N–H and O–H groups in total. The Kier molecular flexibility index (Phi) is 31.5. The summed E-state index contributed by atoms with van der Waals surface area (Å²) in [5.41, 5.74) is 0. The van der Waals surface area contributed by atoms with Gasteiger partial charge in [0.25, 0.3) is 0 Å². The fourth-order valence-electron chi connectivity index (χ4n) is 6.10. The van der Waals surface area contributed by atoms with E-state index in [-0.39, 0.29) is 29.5 Å². The van der Waals surface area contributed by atoms with Crippen LogP contribution in [-0.4, -0.2) is 61.8 Å². The molecule has 298 valence electrons. The summed E-state index contributed by atoms with van der Waals surface area (Å²) in [7, 11) is 1.54. The first-order valence-electron chi connectivity index (χ1n) is 20.8. The van der Waals surface area contributed by atoms with Crippen LogP contribution in [0.2, 0.25) is 0 Å². The molecule has 5 amide bonds. The largest absolute Gasteiger partial charge is 0.357 e. The zero-order valence-electron chi connectivity index (χ0n) is 33.7. The maximum Gasteiger partial charge on any atom is 0.243 e. The van der Waals surface area contributed by atoms with Crippen molar-refractivity contribution in [2.75, 3.05) is 20.1 Å². The van der Waals surface area contributed by atoms with E-state index in [9.17, 15) is 24.0 Å². The predicted octanol–water partition coefficient (Wildman–Crippen LogP) is 7.63. The Morgan fingerprint density at radius 3 is 1.27 bits per heavy atom. The maximum atomic E-state index is 13.5. The Morgan fingerprint density at radius 2 is 0.824 bits per heavy atom. The summed E-state index contributed by atoms with van der Waals surface area (Å²) in [4.78, 5) is 63.5. The second-order valence-corrected chi connectivity index (χ2v) is 15.3. The van der Waals surface area contributed by atoms with Crippen molar-refractivity contribution in [2.24, 2.45) is 11.8 Å². The number of hydrogen-bond acceptors (Lipinski definition) is 5. The van der Waals surface area contributed by atoms with Crippen LogP contribution in [-0.2, 0) is 24.0 Å². The van der Waals surface area contributed by atoms with E-state index in [1.807, 2.05) is 0 Å². The molecule has 0 aromatic heterocycles. The third-order valence-corrected chi connectivity index (χ3v) is 9.39. The third-order valence-electron chi connectivity index (χ3n) is 9.39. The number of rotatable bonds is 34. The van der Waals surface area contributed by atoms with Gasteiger partial charge in [0.2, 0.25) is 29.5 Å². The van der Waals surface area contributed by atoms with Crippen LogP contribution in [0.15, 0.2) is 0 Å². The molecule has 2 unspecified atom stereocenters. The van der Waals surface area contributed by atoms with Crippen LogP contribution >= 0.6 is 0 Å². The molecule has 0 saturated carbocycles. The lowest BCUT2D eigenvalue weighted by atomic mass is 10.0. The number of hydrogen-bond donors (Lipinski definition) is 5. The molecule has 10 heteroatoms. The highest BCUT2D eigenvalue weighted by Crippen LogP contribution is 2.12. The number of carbonyl (C=O) groups excluding carboxylic acids is 5. The molecule has 0 aromatic rings. The van der Waals surface area contributed by atoms with Crippen molar-refractivity contribution in [1.82, 2.24) is 26.6 Å². The number of carbonyl (C=O) groups is 5. The third kappa shape index (κ3) is 30.7. The Balaban J connectivity index is 4.76. The van der Waals surface area contributed by atoms with Gasteiger partial charge in [-0.1, -0.05) is 112 Å². The van der Waals surface area contributed by atoms with Crippen molar-refractivity contribution in [3.63, 3.8) is 0 Å². The fraction of sp³-hybridized carbons (Fsp3) is 0.878. The van der Waals surface area contributed by atoms with E-state index in [1.165, 1.54) is 44.9 Å². The van der Waals surface area contributed by atoms with Crippen LogP contribution in [0.1, 0.15) is 189 Å². The molecule has 0 aliphatic heterocycles. The molecule has 0 heterocycles. The number of nitrogens with one attached hydrogen (secondary N) is 5. The predicted molar refractivity (Wildman–Crippen MR) is 210 cm³/mol. The standard InChI is InChI=1S/C41H79N5O5/c1-7-8-9-10-11-12-13-14-15-28-37(47)43-31-22-20-26-35(40(50)42-6)46-41(51)36(45-39(49)30-19-17-25-34(4)5)27-21-23-32-44-38(48)29-18-16-24-33(2)3/h33-36H,7-32H2,1-6H3,(H,42,50)(H,43,47)(H,44,48)(H,45,49)(H,46,51). The lowest BCUT2D eigenvalue weighted by Gasteiger charge is -2.23. The normalized spacial score (nSPS) is 12.4. The van der Waals surface area contributed by atoms with Gasteiger partial charge in [-0.15, -0.1) is 0 Å². The van der Waals surface area contributed by atoms with Crippen molar-refractivity contribution in [3.8, 4) is 0 Å². The van der Waals surface area contributed by atoms with Crippen molar-refractivity contribution in [3.05, 3.63) is 0 Å². The van der Waals surface area contributed by atoms with E-state index in [1.54, 1.807) is 7.05 Å². The summed E-state index contributed by atoms with van der Waals surface area (Å²) >= 11 is 0. The first kappa shape index (κ1) is 48.3. The fourth-order valence-corrected chi connectivity index (χ4v) is 6.10. The van der Waals surface area contributed by atoms with Crippen LogP contribution in [0.4, 0.5) is 0 Å². The van der Waals surface area contributed by atoms with Gasteiger partial charge in [0.1, 0.15) is 12.1 Å². The summed E-state index contributed by atoms with van der Waals surface area (Å²) in [5, 5.41) is 14.4. The average molecular weight is 722 g/mol. The lowest BCUT2D eigenvalue weighted by Crippen LogP contribution is -2.53. The quantitative estimate of drug-likeness (QED) is 0.0434. The minimum absolute atomic E-state index is 0.0505. The number of unbranched alkanes of at least 4 members (excludes halogenated alkanes) is 12. The first-order chi connectivity index (χ1) is 24.5. The second-order valence-electron chi connectivity index (χ2n) is 15.3. The van der Waals surface area contributed by atoms with Crippen LogP contribution < -0.4 is 26.6 Å². The number of likely N-dealkylation sites (N-methyl/N-ethyl adjacent to an activating group) is 1. The molecule has 0 aromatic carbocycles. The molecule has 0 rings (SSSR count). The average Bonchev–Trinajstić information content (AvgIpc) is 3.09. The molecule has 10 nitrogen and oxygen atoms in total. The topological polar surface area (TPSA) is 146 Å². The van der Waals surface area contributed by atoms with Crippen molar-refractivity contribution in [2.45, 2.75) is 201 Å². The molecular formula is C41H79N5O5. The molecule has 51 heavy (non-hydrogen) atoms. The molecular weight excluding hydrogens is 642 g/mol. The minimum Gasteiger partial charge on any atom is -0.357 e. The maximum absolute atomic E-state index is 13.5. The summed E-state index contributed by atoms with van der Waals surface area (Å²) in [5.74, 6) is 0.518. The molecule has 0 aliphatic carbocycles. The van der Waals surface area contributed by atoms with Gasteiger partial charge >= 0.3 is 0 Å². The molecule has 0 fully saturated rings. The summed E-state index contributed by atoms with van der Waals surface area (Å²) in [6.07, 6.45) is 21.7. The molecule has 2 atom stereocenters. The molecule has 0 aliphatic rings. The Bertz CT molecular complexity index is 926. The van der Waals surface area contributed by atoms with Gasteiger partial charge in [-0.05, 0) is 69.6 Å². The van der Waals surface area contributed by atoms with Gasteiger partial charge in [-0.3, -0.25) is 24.0 Å². The van der Waals surface area contributed by atoms with Gasteiger partial charge in [0.15, 0.2) is 0 Å². The Hall–Kier alpha value is -2.65. The van der Waals surface area contributed by atoms with Crippen molar-refractivity contribution in [1.29, 1.82) is 0 Å². The zero-order chi connectivity index (χ0) is 38.1. The number of amides is 5. The SMILES string of the molecule is CCCCCCCCCCCC(=O)NCCCCC(NC(=O)C(CCCCNC(=O)CCCCC(C)C)NC(=O)CCCCC(C)C)C(=O)NC. The monoisotopic (exact) mass is 722 g/mol. The van der Waals surface area contributed by atoms with Gasteiger partial charge in [0, 0.05) is 39.4 Å². The van der Waals surface area contributed by atoms with E-state index in [0.29, 0.717) is 82.7 Å². The summed E-state index contributed by atoms with van der Waals surface area (Å²) in [6, 6.07) is -1.50. The minimum atomic E-state index is -0.762.